The van der Waals surface area contributed by atoms with Crippen LogP contribution >= 0.6 is 0 Å². The molecule has 1 atom stereocenters. The fourth-order valence-electron chi connectivity index (χ4n) is 4.28. The van der Waals surface area contributed by atoms with E-state index in [1.54, 1.807) is 75.0 Å². The van der Waals surface area contributed by atoms with Crippen LogP contribution in [0.15, 0.2) is 66.5 Å². The van der Waals surface area contributed by atoms with E-state index in [4.69, 9.17) is 4.74 Å². The van der Waals surface area contributed by atoms with Gasteiger partial charge in [-0.3, -0.25) is 24.3 Å². The molecule has 2 N–H and O–H groups in total. The number of ether oxygens (including phenoxy) is 1. The normalized spacial score (nSPS) is 16.9. The molecule has 1 unspecified atom stereocenters. The molecule has 2 heterocycles. The minimum absolute atomic E-state index is 0.0141. The molecule has 3 aromatic rings. The topological polar surface area (TPSA) is 109 Å². The van der Waals surface area contributed by atoms with E-state index in [2.05, 4.69) is 10.3 Å². The summed E-state index contributed by atoms with van der Waals surface area (Å²) in [7, 11) is 1.56. The second-order valence-electron chi connectivity index (χ2n) is 8.31. The van der Waals surface area contributed by atoms with Gasteiger partial charge in [0.25, 0.3) is 11.7 Å². The van der Waals surface area contributed by atoms with Gasteiger partial charge in [0.2, 0.25) is 5.91 Å². The van der Waals surface area contributed by atoms with Crippen molar-refractivity contribution in [2.75, 3.05) is 17.3 Å². The molecule has 1 saturated heterocycles. The number of nitrogens with zero attached hydrogens (tertiary/aromatic N) is 2. The van der Waals surface area contributed by atoms with Crippen molar-refractivity contribution in [3.05, 3.63) is 88.8 Å². The molecule has 4 rings (SSSR count). The number of hydrogen-bond donors (Lipinski definition) is 2. The molecule has 8 nitrogen and oxygen atoms in total. The minimum atomic E-state index is -0.869. The maximum atomic E-state index is 13.3. The molecule has 0 saturated carbocycles. The highest BCUT2D eigenvalue weighted by Gasteiger charge is 2.47. The zero-order chi connectivity index (χ0) is 25.3. The predicted octanol–water partition coefficient (Wildman–Crippen LogP) is 4.29. The van der Waals surface area contributed by atoms with Crippen molar-refractivity contribution in [2.24, 2.45) is 0 Å². The molecule has 0 spiro atoms. The summed E-state index contributed by atoms with van der Waals surface area (Å²) >= 11 is 0. The first-order valence-electron chi connectivity index (χ1n) is 11.0. The van der Waals surface area contributed by atoms with Crippen molar-refractivity contribution in [1.29, 1.82) is 0 Å². The van der Waals surface area contributed by atoms with Gasteiger partial charge in [-0.1, -0.05) is 0 Å². The van der Waals surface area contributed by atoms with E-state index >= 15 is 0 Å². The standard InChI is InChI=1S/C27H25N3O5/c1-15-14-22(35-4)16(2)13-21(15)25(32)23-24(18-9-11-28-12-10-18)30(27(34)26(23)33)20-7-5-19(6-8-20)29-17(3)31/h5-14,24,32H,1-4H3,(H,29,31)/b25-23+. The highest BCUT2D eigenvalue weighted by atomic mass is 16.5. The molecule has 0 radical (unpaired) electrons. The summed E-state index contributed by atoms with van der Waals surface area (Å²) in [6, 6.07) is 12.6. The van der Waals surface area contributed by atoms with Crippen LogP contribution in [0.1, 0.15) is 35.2 Å². The van der Waals surface area contributed by atoms with Gasteiger partial charge in [-0.25, -0.2) is 0 Å². The molecule has 2 amide bonds. The van der Waals surface area contributed by atoms with Gasteiger partial charge in [0, 0.05) is 36.3 Å². The largest absolute Gasteiger partial charge is 0.507 e. The van der Waals surface area contributed by atoms with Crippen LogP contribution in [0.4, 0.5) is 11.4 Å². The van der Waals surface area contributed by atoms with Crippen LogP contribution < -0.4 is 15.0 Å². The number of carbonyl (C=O) groups is 3. The van der Waals surface area contributed by atoms with Crippen molar-refractivity contribution >= 4 is 34.7 Å². The van der Waals surface area contributed by atoms with E-state index in [9.17, 15) is 19.5 Å². The average molecular weight is 472 g/mol. The molecule has 1 aliphatic heterocycles. The maximum absolute atomic E-state index is 13.3. The van der Waals surface area contributed by atoms with Crippen molar-refractivity contribution in [2.45, 2.75) is 26.8 Å². The Morgan fingerprint density at radius 1 is 1.03 bits per heavy atom. The number of hydrogen-bond acceptors (Lipinski definition) is 6. The lowest BCUT2D eigenvalue weighted by atomic mass is 9.93. The monoisotopic (exact) mass is 471 g/mol. The summed E-state index contributed by atoms with van der Waals surface area (Å²) in [5.74, 6) is -1.37. The second-order valence-corrected chi connectivity index (χ2v) is 8.31. The first kappa shape index (κ1) is 23.7. The molecule has 0 aliphatic carbocycles. The predicted molar refractivity (Wildman–Crippen MR) is 132 cm³/mol. The molecule has 8 heteroatoms. The molecule has 1 fully saturated rings. The third-order valence-corrected chi connectivity index (χ3v) is 5.93. The Kier molecular flexibility index (Phi) is 6.38. The summed E-state index contributed by atoms with van der Waals surface area (Å²) in [5, 5.41) is 14.1. The Hall–Kier alpha value is -4.46. The van der Waals surface area contributed by atoms with Gasteiger partial charge < -0.3 is 15.2 Å². The molecule has 2 aromatic carbocycles. The number of anilines is 2. The number of pyridine rings is 1. The number of amides is 2. The lowest BCUT2D eigenvalue weighted by Crippen LogP contribution is -2.29. The Balaban J connectivity index is 1.89. The molecule has 0 bridgehead atoms. The number of aryl methyl sites for hydroxylation is 2. The fourth-order valence-corrected chi connectivity index (χ4v) is 4.28. The Morgan fingerprint density at radius 2 is 1.69 bits per heavy atom. The van der Waals surface area contributed by atoms with Crippen molar-refractivity contribution in [3.8, 4) is 5.75 Å². The van der Waals surface area contributed by atoms with E-state index in [-0.39, 0.29) is 17.2 Å². The molecule has 1 aliphatic rings. The molecular weight excluding hydrogens is 446 g/mol. The fraction of sp³-hybridized carbons (Fsp3) is 0.185. The summed E-state index contributed by atoms with van der Waals surface area (Å²) in [6.07, 6.45) is 3.14. The summed E-state index contributed by atoms with van der Waals surface area (Å²) < 4.78 is 5.36. The number of aliphatic hydroxyl groups excluding tert-OH is 1. The first-order valence-corrected chi connectivity index (χ1v) is 11.0. The van der Waals surface area contributed by atoms with E-state index in [1.807, 2.05) is 6.92 Å². The molecule has 35 heavy (non-hydrogen) atoms. The van der Waals surface area contributed by atoms with E-state index in [0.29, 0.717) is 33.8 Å². The number of carbonyl (C=O) groups excluding carboxylic acids is 3. The number of methoxy groups -OCH3 is 1. The van der Waals surface area contributed by atoms with Crippen LogP contribution in [0.5, 0.6) is 5.75 Å². The molecular formula is C27H25N3O5. The number of rotatable bonds is 5. The SMILES string of the molecule is COc1cc(C)c(/C(O)=C2\C(=O)C(=O)N(c3ccc(NC(C)=O)cc3)C2c2ccncc2)cc1C. The Labute approximate surface area is 202 Å². The van der Waals surface area contributed by atoms with Crippen LogP contribution in [-0.2, 0) is 14.4 Å². The van der Waals surface area contributed by atoms with Crippen LogP contribution in [-0.4, -0.2) is 34.8 Å². The number of aliphatic hydroxyl groups is 1. The van der Waals surface area contributed by atoms with Crippen molar-refractivity contribution < 1.29 is 24.2 Å². The highest BCUT2D eigenvalue weighted by Crippen LogP contribution is 2.43. The quantitative estimate of drug-likeness (QED) is 0.326. The smallest absolute Gasteiger partial charge is 0.300 e. The Morgan fingerprint density at radius 3 is 2.29 bits per heavy atom. The van der Waals surface area contributed by atoms with Crippen LogP contribution in [0.25, 0.3) is 5.76 Å². The van der Waals surface area contributed by atoms with Crippen molar-refractivity contribution in [1.82, 2.24) is 4.98 Å². The number of ketones is 1. The summed E-state index contributed by atoms with van der Waals surface area (Å²) in [6.45, 7) is 5.04. The third kappa shape index (κ3) is 4.38. The van der Waals surface area contributed by atoms with Gasteiger partial charge in [-0.2, -0.15) is 0 Å². The zero-order valence-electron chi connectivity index (χ0n) is 19.8. The highest BCUT2D eigenvalue weighted by molar-refractivity contribution is 6.51. The second kappa shape index (κ2) is 9.42. The van der Waals surface area contributed by atoms with Crippen molar-refractivity contribution in [3.63, 3.8) is 0 Å². The number of nitrogens with one attached hydrogen (secondary N) is 1. The van der Waals surface area contributed by atoms with Crippen LogP contribution in [0.2, 0.25) is 0 Å². The van der Waals surface area contributed by atoms with Gasteiger partial charge >= 0.3 is 0 Å². The molecule has 1 aromatic heterocycles. The zero-order valence-corrected chi connectivity index (χ0v) is 19.8. The van der Waals surface area contributed by atoms with Crippen LogP contribution in [0, 0.1) is 13.8 Å². The lowest BCUT2D eigenvalue weighted by molar-refractivity contribution is -0.132. The van der Waals surface area contributed by atoms with E-state index in [0.717, 1.165) is 5.56 Å². The molecule has 178 valence electrons. The number of Topliss-reactive ketones (excluding diaryl/α,β-unsaturated/α-hetero) is 1. The third-order valence-electron chi connectivity index (χ3n) is 5.93. The summed E-state index contributed by atoms with van der Waals surface area (Å²) in [4.78, 5) is 43.3. The van der Waals surface area contributed by atoms with E-state index < -0.39 is 17.7 Å². The van der Waals surface area contributed by atoms with Gasteiger partial charge in [-0.05, 0) is 79.1 Å². The maximum Gasteiger partial charge on any atom is 0.300 e. The van der Waals surface area contributed by atoms with Gasteiger partial charge in [0.15, 0.2) is 0 Å². The van der Waals surface area contributed by atoms with E-state index in [1.165, 1.54) is 11.8 Å². The Bertz CT molecular complexity index is 1350. The number of aromatic nitrogens is 1. The van der Waals surface area contributed by atoms with Gasteiger partial charge in [0.1, 0.15) is 11.5 Å². The first-order chi connectivity index (χ1) is 16.7. The van der Waals surface area contributed by atoms with Gasteiger partial charge in [0.05, 0.1) is 18.7 Å². The van der Waals surface area contributed by atoms with Gasteiger partial charge in [-0.15, -0.1) is 0 Å². The number of benzene rings is 2. The van der Waals surface area contributed by atoms with Crippen LogP contribution in [0.3, 0.4) is 0 Å². The minimum Gasteiger partial charge on any atom is -0.507 e. The lowest BCUT2D eigenvalue weighted by Gasteiger charge is -2.25. The average Bonchev–Trinajstić information content (AvgIpc) is 3.11. The summed E-state index contributed by atoms with van der Waals surface area (Å²) in [5.41, 5.74) is 3.54.